The zero-order valence-corrected chi connectivity index (χ0v) is 15.3. The van der Waals surface area contributed by atoms with Gasteiger partial charge in [-0.3, -0.25) is 9.59 Å². The first-order chi connectivity index (χ1) is 12.1. The molecule has 0 radical (unpaired) electrons. The van der Waals surface area contributed by atoms with Crippen LogP contribution in [0.3, 0.4) is 0 Å². The number of hydrogen-bond donors (Lipinski definition) is 0. The van der Waals surface area contributed by atoms with Crippen LogP contribution < -0.4 is 5.56 Å². The van der Waals surface area contributed by atoms with Crippen LogP contribution in [-0.4, -0.2) is 22.4 Å². The highest BCUT2D eigenvalue weighted by Crippen LogP contribution is 2.15. The normalized spacial score (nSPS) is 10.8. The number of ether oxygens (including phenoxy) is 1. The maximum absolute atomic E-state index is 12.7. The molecule has 1 heterocycles. The van der Waals surface area contributed by atoms with Gasteiger partial charge in [0.25, 0.3) is 5.56 Å². The standard InChI is InChI=1S/C19H17BrN2O3/c1-2-25-18(23)11-17-15-5-3-4-6-16(15)19(24)22(21-17)12-13-7-9-14(20)10-8-13/h3-10H,2,11-12H2,1H3. The second-order valence-corrected chi connectivity index (χ2v) is 6.48. The molecule has 0 amide bonds. The summed E-state index contributed by atoms with van der Waals surface area (Å²) < 4.78 is 7.40. The van der Waals surface area contributed by atoms with Gasteiger partial charge in [0.2, 0.25) is 0 Å². The maximum Gasteiger partial charge on any atom is 0.311 e. The van der Waals surface area contributed by atoms with Crippen molar-refractivity contribution in [2.75, 3.05) is 6.61 Å². The van der Waals surface area contributed by atoms with Crippen molar-refractivity contribution in [2.45, 2.75) is 19.9 Å². The monoisotopic (exact) mass is 400 g/mol. The van der Waals surface area contributed by atoms with Gasteiger partial charge in [-0.2, -0.15) is 5.10 Å². The predicted octanol–water partition coefficient (Wildman–Crippen LogP) is 3.31. The molecule has 6 heteroatoms. The molecule has 0 aliphatic rings. The minimum Gasteiger partial charge on any atom is -0.466 e. The van der Waals surface area contributed by atoms with E-state index in [0.717, 1.165) is 10.0 Å². The van der Waals surface area contributed by atoms with Crippen LogP contribution in [0.2, 0.25) is 0 Å². The number of halogens is 1. The third kappa shape index (κ3) is 3.96. The van der Waals surface area contributed by atoms with Crippen LogP contribution in [0.5, 0.6) is 0 Å². The fourth-order valence-corrected chi connectivity index (χ4v) is 2.92. The molecule has 0 aliphatic heterocycles. The summed E-state index contributed by atoms with van der Waals surface area (Å²) in [5.74, 6) is -0.353. The Morgan fingerprint density at radius 1 is 1.12 bits per heavy atom. The summed E-state index contributed by atoms with van der Waals surface area (Å²) in [7, 11) is 0. The van der Waals surface area contributed by atoms with Gasteiger partial charge in [0.05, 0.1) is 30.7 Å². The summed E-state index contributed by atoms with van der Waals surface area (Å²) in [5.41, 5.74) is 1.33. The molecule has 0 saturated heterocycles. The average molecular weight is 401 g/mol. The molecule has 0 N–H and O–H groups in total. The van der Waals surface area contributed by atoms with Crippen molar-refractivity contribution >= 4 is 32.7 Å². The van der Waals surface area contributed by atoms with Crippen molar-refractivity contribution in [1.29, 1.82) is 0 Å². The first-order valence-corrected chi connectivity index (χ1v) is 8.76. The summed E-state index contributed by atoms with van der Waals surface area (Å²) in [6.07, 6.45) is 0.0367. The van der Waals surface area contributed by atoms with E-state index in [1.807, 2.05) is 42.5 Å². The van der Waals surface area contributed by atoms with Crippen molar-refractivity contribution in [3.63, 3.8) is 0 Å². The first-order valence-electron chi connectivity index (χ1n) is 7.97. The molecular formula is C19H17BrN2O3. The Morgan fingerprint density at radius 3 is 2.48 bits per heavy atom. The Morgan fingerprint density at radius 2 is 1.80 bits per heavy atom. The predicted molar refractivity (Wildman–Crippen MR) is 99.6 cm³/mol. The van der Waals surface area contributed by atoms with Gasteiger partial charge >= 0.3 is 5.97 Å². The fourth-order valence-electron chi connectivity index (χ4n) is 2.65. The second kappa shape index (κ2) is 7.61. The molecule has 2 aromatic carbocycles. The third-order valence-electron chi connectivity index (χ3n) is 3.81. The lowest BCUT2D eigenvalue weighted by Gasteiger charge is -2.11. The number of carbonyl (C=O) groups excluding carboxylic acids is 1. The maximum atomic E-state index is 12.7. The van der Waals surface area contributed by atoms with Crippen molar-refractivity contribution < 1.29 is 9.53 Å². The molecule has 0 unspecified atom stereocenters. The summed E-state index contributed by atoms with van der Waals surface area (Å²) in [5, 5.41) is 5.67. The summed E-state index contributed by atoms with van der Waals surface area (Å²) in [4.78, 5) is 24.6. The number of esters is 1. The third-order valence-corrected chi connectivity index (χ3v) is 4.34. The topological polar surface area (TPSA) is 61.2 Å². The fraction of sp³-hybridized carbons (Fsp3) is 0.211. The molecule has 128 valence electrons. The van der Waals surface area contributed by atoms with Gasteiger partial charge in [-0.15, -0.1) is 0 Å². The molecule has 0 atom stereocenters. The van der Waals surface area contributed by atoms with Gasteiger partial charge < -0.3 is 4.74 Å². The van der Waals surface area contributed by atoms with Crippen molar-refractivity contribution in [2.24, 2.45) is 0 Å². The van der Waals surface area contributed by atoms with Gasteiger partial charge in [0.15, 0.2) is 0 Å². The highest BCUT2D eigenvalue weighted by molar-refractivity contribution is 9.10. The van der Waals surface area contributed by atoms with E-state index >= 15 is 0 Å². The van der Waals surface area contributed by atoms with Crippen molar-refractivity contribution in [1.82, 2.24) is 9.78 Å². The lowest BCUT2D eigenvalue weighted by Crippen LogP contribution is -2.26. The van der Waals surface area contributed by atoms with Crippen molar-refractivity contribution in [3.05, 3.63) is 74.6 Å². The van der Waals surface area contributed by atoms with Crippen LogP contribution in [0.4, 0.5) is 0 Å². The highest BCUT2D eigenvalue weighted by atomic mass is 79.9. The number of nitrogens with zero attached hydrogens (tertiary/aromatic N) is 2. The Bertz CT molecular complexity index is 965. The zero-order valence-electron chi connectivity index (χ0n) is 13.7. The van der Waals surface area contributed by atoms with Gasteiger partial charge in [-0.25, -0.2) is 4.68 Å². The minimum absolute atomic E-state index is 0.0367. The van der Waals surface area contributed by atoms with Gasteiger partial charge in [-0.1, -0.05) is 46.3 Å². The van der Waals surface area contributed by atoms with E-state index in [4.69, 9.17) is 4.74 Å². The van der Waals surface area contributed by atoms with E-state index < -0.39 is 0 Å². The lowest BCUT2D eigenvalue weighted by atomic mass is 10.1. The molecule has 1 aromatic heterocycles. The van der Waals surface area contributed by atoms with Crippen molar-refractivity contribution in [3.8, 4) is 0 Å². The van der Waals surface area contributed by atoms with E-state index in [-0.39, 0.29) is 17.9 Å². The molecule has 0 saturated carbocycles. The molecule has 25 heavy (non-hydrogen) atoms. The molecule has 0 bridgehead atoms. The Labute approximate surface area is 153 Å². The number of hydrogen-bond acceptors (Lipinski definition) is 4. The molecular weight excluding hydrogens is 384 g/mol. The van der Waals surface area contributed by atoms with E-state index in [9.17, 15) is 9.59 Å². The Balaban J connectivity index is 2.06. The van der Waals surface area contributed by atoms with E-state index in [2.05, 4.69) is 21.0 Å². The molecule has 0 aliphatic carbocycles. The number of fused-ring (bicyclic) bond motifs is 1. The van der Waals surface area contributed by atoms with Gasteiger partial charge in [0, 0.05) is 9.86 Å². The minimum atomic E-state index is -0.353. The van der Waals surface area contributed by atoms with Crippen LogP contribution >= 0.6 is 15.9 Å². The SMILES string of the molecule is CCOC(=O)Cc1nn(Cc2ccc(Br)cc2)c(=O)c2ccccc12. The molecule has 0 fully saturated rings. The number of benzene rings is 2. The summed E-state index contributed by atoms with van der Waals surface area (Å²) in [6.45, 7) is 2.42. The van der Waals surface area contributed by atoms with E-state index in [1.165, 1.54) is 4.68 Å². The van der Waals surface area contributed by atoms with Gasteiger partial charge in [-0.05, 0) is 30.7 Å². The smallest absolute Gasteiger partial charge is 0.311 e. The summed E-state index contributed by atoms with van der Waals surface area (Å²) in [6, 6.07) is 14.9. The quantitative estimate of drug-likeness (QED) is 0.616. The van der Waals surface area contributed by atoms with Crippen LogP contribution in [0.1, 0.15) is 18.2 Å². The number of aromatic nitrogens is 2. The first kappa shape index (κ1) is 17.4. The van der Waals surface area contributed by atoms with Gasteiger partial charge in [0.1, 0.15) is 0 Å². The van der Waals surface area contributed by atoms with E-state index in [1.54, 1.807) is 13.0 Å². The van der Waals surface area contributed by atoms with Crippen LogP contribution in [0.15, 0.2) is 57.8 Å². The second-order valence-electron chi connectivity index (χ2n) is 5.56. The Kier molecular flexibility index (Phi) is 5.28. The largest absolute Gasteiger partial charge is 0.466 e. The van der Waals surface area contributed by atoms with Crippen LogP contribution in [0, 0.1) is 0 Å². The molecule has 5 nitrogen and oxygen atoms in total. The molecule has 3 aromatic rings. The molecule has 3 rings (SSSR count). The highest BCUT2D eigenvalue weighted by Gasteiger charge is 2.14. The average Bonchev–Trinajstić information content (AvgIpc) is 2.61. The zero-order chi connectivity index (χ0) is 17.8. The van der Waals surface area contributed by atoms with Crippen LogP contribution in [0.25, 0.3) is 10.8 Å². The number of carbonyl (C=O) groups is 1. The molecule has 0 spiro atoms. The summed E-state index contributed by atoms with van der Waals surface area (Å²) >= 11 is 3.40. The Hall–Kier alpha value is -2.47. The van der Waals surface area contributed by atoms with E-state index in [0.29, 0.717) is 29.6 Å². The lowest BCUT2D eigenvalue weighted by molar-refractivity contribution is -0.142. The number of rotatable bonds is 5. The van der Waals surface area contributed by atoms with Crippen LogP contribution in [-0.2, 0) is 22.5 Å².